The van der Waals surface area contributed by atoms with Crippen LogP contribution in [0.1, 0.15) is 28.2 Å². The van der Waals surface area contributed by atoms with E-state index in [1.807, 2.05) is 0 Å². The first kappa shape index (κ1) is 19.2. The van der Waals surface area contributed by atoms with Crippen molar-refractivity contribution >= 4 is 27.3 Å². The second-order valence-electron chi connectivity index (χ2n) is 5.95. The van der Waals surface area contributed by atoms with Crippen LogP contribution in [-0.2, 0) is 10.0 Å². The van der Waals surface area contributed by atoms with Crippen LogP contribution in [0.15, 0.2) is 65.6 Å². The standard InChI is InChI=1S/C19H17FN2O3S2/c1-12(13-6-8-14(9-7-13)27(21,24)25)22-19(23)18-11-10-17(26-18)15-4-2-3-5-16(15)20/h2-12H,1H3,(H,22,23)(H2,21,24,25)/t12-/m0/s1. The number of halogens is 1. The first-order chi connectivity index (χ1) is 12.8. The molecule has 5 nitrogen and oxygen atoms in total. The van der Waals surface area contributed by atoms with E-state index in [1.54, 1.807) is 49.4 Å². The molecule has 1 aromatic heterocycles. The molecule has 0 aliphatic heterocycles. The van der Waals surface area contributed by atoms with Crippen molar-refractivity contribution in [3.63, 3.8) is 0 Å². The van der Waals surface area contributed by atoms with E-state index in [4.69, 9.17) is 5.14 Å². The molecule has 0 fully saturated rings. The van der Waals surface area contributed by atoms with Gasteiger partial charge in [-0.15, -0.1) is 11.3 Å². The molecule has 27 heavy (non-hydrogen) atoms. The fraction of sp³-hybridized carbons (Fsp3) is 0.105. The number of nitrogens with two attached hydrogens (primary N) is 1. The largest absolute Gasteiger partial charge is 0.345 e. The average Bonchev–Trinajstić information content (AvgIpc) is 3.11. The van der Waals surface area contributed by atoms with Crippen LogP contribution < -0.4 is 10.5 Å². The number of rotatable bonds is 5. The normalized spacial score (nSPS) is 12.6. The molecule has 0 unspecified atom stereocenters. The van der Waals surface area contributed by atoms with Crippen molar-refractivity contribution in [2.75, 3.05) is 0 Å². The highest BCUT2D eigenvalue weighted by molar-refractivity contribution is 7.89. The molecular weight excluding hydrogens is 387 g/mol. The molecular formula is C19H17FN2O3S2. The maximum absolute atomic E-state index is 13.9. The van der Waals surface area contributed by atoms with Crippen LogP contribution in [0.3, 0.4) is 0 Å². The Kier molecular flexibility index (Phi) is 5.41. The van der Waals surface area contributed by atoms with Crippen LogP contribution in [0, 0.1) is 5.82 Å². The van der Waals surface area contributed by atoms with E-state index in [0.29, 0.717) is 15.3 Å². The molecule has 0 saturated heterocycles. The molecule has 0 spiro atoms. The van der Waals surface area contributed by atoms with Crippen LogP contribution in [0.2, 0.25) is 0 Å². The average molecular weight is 404 g/mol. The number of primary sulfonamides is 1. The van der Waals surface area contributed by atoms with Crippen molar-refractivity contribution in [1.29, 1.82) is 0 Å². The highest BCUT2D eigenvalue weighted by Gasteiger charge is 2.16. The molecule has 1 amide bonds. The first-order valence-electron chi connectivity index (χ1n) is 8.04. The lowest BCUT2D eigenvalue weighted by Crippen LogP contribution is -2.25. The molecule has 0 aliphatic carbocycles. The molecule has 3 N–H and O–H groups in total. The van der Waals surface area contributed by atoms with Gasteiger partial charge in [-0.3, -0.25) is 4.79 Å². The number of hydrogen-bond donors (Lipinski definition) is 2. The van der Waals surface area contributed by atoms with Crippen LogP contribution in [0.4, 0.5) is 4.39 Å². The van der Waals surface area contributed by atoms with Crippen LogP contribution >= 0.6 is 11.3 Å². The van der Waals surface area contributed by atoms with Gasteiger partial charge in [0, 0.05) is 10.4 Å². The van der Waals surface area contributed by atoms with Gasteiger partial charge in [0.1, 0.15) is 5.82 Å². The molecule has 0 radical (unpaired) electrons. The Bertz CT molecular complexity index is 1080. The number of amides is 1. The van der Waals surface area contributed by atoms with Crippen LogP contribution in [0.25, 0.3) is 10.4 Å². The second kappa shape index (κ2) is 7.59. The van der Waals surface area contributed by atoms with E-state index in [9.17, 15) is 17.6 Å². The maximum Gasteiger partial charge on any atom is 0.261 e. The summed E-state index contributed by atoms with van der Waals surface area (Å²) < 4.78 is 36.5. The zero-order valence-electron chi connectivity index (χ0n) is 14.3. The van der Waals surface area contributed by atoms with E-state index in [2.05, 4.69) is 5.32 Å². The minimum absolute atomic E-state index is 0.0116. The number of carbonyl (C=O) groups is 1. The third kappa shape index (κ3) is 4.41. The molecule has 3 rings (SSSR count). The van der Waals surface area contributed by atoms with E-state index < -0.39 is 10.0 Å². The van der Waals surface area contributed by atoms with Gasteiger partial charge in [0.15, 0.2) is 0 Å². The van der Waals surface area contributed by atoms with Crippen molar-refractivity contribution in [1.82, 2.24) is 5.32 Å². The zero-order chi connectivity index (χ0) is 19.6. The summed E-state index contributed by atoms with van der Waals surface area (Å²) in [5.41, 5.74) is 1.19. The Balaban J connectivity index is 1.73. The molecule has 140 valence electrons. The summed E-state index contributed by atoms with van der Waals surface area (Å²) in [4.78, 5) is 13.6. The van der Waals surface area contributed by atoms with Crippen molar-refractivity contribution in [2.45, 2.75) is 17.9 Å². The predicted molar refractivity (Wildman–Crippen MR) is 103 cm³/mol. The van der Waals surface area contributed by atoms with Gasteiger partial charge >= 0.3 is 0 Å². The van der Waals surface area contributed by atoms with Crippen molar-refractivity contribution in [2.24, 2.45) is 5.14 Å². The van der Waals surface area contributed by atoms with E-state index in [0.717, 1.165) is 5.56 Å². The Morgan fingerprint density at radius 3 is 2.37 bits per heavy atom. The molecule has 2 aromatic carbocycles. The fourth-order valence-corrected chi connectivity index (χ4v) is 4.01. The van der Waals surface area contributed by atoms with Gasteiger partial charge in [0.2, 0.25) is 10.0 Å². The van der Waals surface area contributed by atoms with Crippen LogP contribution in [-0.4, -0.2) is 14.3 Å². The number of sulfonamides is 1. The summed E-state index contributed by atoms with van der Waals surface area (Å²) in [6.45, 7) is 1.79. The topological polar surface area (TPSA) is 89.3 Å². The predicted octanol–water partition coefficient (Wildman–Crippen LogP) is 3.69. The highest BCUT2D eigenvalue weighted by atomic mass is 32.2. The second-order valence-corrected chi connectivity index (χ2v) is 8.60. The quantitative estimate of drug-likeness (QED) is 0.680. The number of carbonyl (C=O) groups excluding carboxylic acids is 1. The Morgan fingerprint density at radius 1 is 1.07 bits per heavy atom. The Labute approximate surface area is 160 Å². The van der Waals surface area contributed by atoms with Gasteiger partial charge in [-0.05, 0) is 42.8 Å². The third-order valence-electron chi connectivity index (χ3n) is 4.03. The van der Waals surface area contributed by atoms with Gasteiger partial charge in [-0.2, -0.15) is 0 Å². The molecule has 3 aromatic rings. The van der Waals surface area contributed by atoms with E-state index in [1.165, 1.54) is 29.5 Å². The summed E-state index contributed by atoms with van der Waals surface area (Å²) in [7, 11) is -3.75. The van der Waals surface area contributed by atoms with E-state index in [-0.39, 0.29) is 22.7 Å². The fourth-order valence-electron chi connectivity index (χ4n) is 2.56. The molecule has 1 heterocycles. The lowest BCUT2D eigenvalue weighted by Gasteiger charge is -2.14. The Morgan fingerprint density at radius 2 is 1.74 bits per heavy atom. The minimum Gasteiger partial charge on any atom is -0.345 e. The summed E-state index contributed by atoms with van der Waals surface area (Å²) in [6.07, 6.45) is 0. The summed E-state index contributed by atoms with van der Waals surface area (Å²) in [6, 6.07) is 15.4. The summed E-state index contributed by atoms with van der Waals surface area (Å²) in [5.74, 6) is -0.625. The Hall–Kier alpha value is -2.55. The van der Waals surface area contributed by atoms with Crippen LogP contribution in [0.5, 0.6) is 0 Å². The first-order valence-corrected chi connectivity index (χ1v) is 10.4. The molecule has 0 aliphatic rings. The van der Waals surface area contributed by atoms with Gasteiger partial charge in [0.05, 0.1) is 15.8 Å². The monoisotopic (exact) mass is 404 g/mol. The van der Waals surface area contributed by atoms with Gasteiger partial charge in [0.25, 0.3) is 5.91 Å². The van der Waals surface area contributed by atoms with Gasteiger partial charge in [-0.1, -0.05) is 30.3 Å². The van der Waals surface area contributed by atoms with Crippen molar-refractivity contribution in [3.05, 3.63) is 76.9 Å². The smallest absolute Gasteiger partial charge is 0.261 e. The minimum atomic E-state index is -3.75. The third-order valence-corrected chi connectivity index (χ3v) is 6.07. The number of thiophene rings is 1. The highest BCUT2D eigenvalue weighted by Crippen LogP contribution is 2.30. The van der Waals surface area contributed by atoms with Crippen molar-refractivity contribution in [3.8, 4) is 10.4 Å². The summed E-state index contributed by atoms with van der Waals surface area (Å²) >= 11 is 1.20. The summed E-state index contributed by atoms with van der Waals surface area (Å²) in [5, 5.41) is 7.92. The number of nitrogens with one attached hydrogen (secondary N) is 1. The molecule has 1 atom stereocenters. The van der Waals surface area contributed by atoms with Gasteiger partial charge in [-0.25, -0.2) is 17.9 Å². The lowest BCUT2D eigenvalue weighted by molar-refractivity contribution is 0.0944. The zero-order valence-corrected chi connectivity index (χ0v) is 16.0. The SMILES string of the molecule is C[C@H](NC(=O)c1ccc(-c2ccccc2F)s1)c1ccc(S(N)(=O)=O)cc1. The number of hydrogen-bond acceptors (Lipinski definition) is 4. The molecule has 0 bridgehead atoms. The van der Waals surface area contributed by atoms with Gasteiger partial charge < -0.3 is 5.32 Å². The lowest BCUT2D eigenvalue weighted by atomic mass is 10.1. The maximum atomic E-state index is 13.9. The molecule has 8 heteroatoms. The number of benzene rings is 2. The van der Waals surface area contributed by atoms with E-state index >= 15 is 0 Å². The van der Waals surface area contributed by atoms with Crippen molar-refractivity contribution < 1.29 is 17.6 Å². The molecule has 0 saturated carbocycles.